The minimum Gasteiger partial charge on any atom is -0.489 e. The zero-order chi connectivity index (χ0) is 15.6. The molecule has 0 atom stereocenters. The monoisotopic (exact) mass is 296 g/mol. The Morgan fingerprint density at radius 1 is 0.773 bits per heavy atom. The van der Waals surface area contributed by atoms with Gasteiger partial charge in [-0.15, -0.1) is 0 Å². The Labute approximate surface area is 127 Å². The van der Waals surface area contributed by atoms with Crippen molar-refractivity contribution in [2.24, 2.45) is 0 Å². The number of aromatic nitrogens is 2. The molecule has 0 bridgehead atoms. The van der Waals surface area contributed by atoms with Gasteiger partial charge in [0.25, 0.3) is 5.56 Å². The molecule has 0 saturated carbocycles. The molecule has 0 aliphatic rings. The van der Waals surface area contributed by atoms with E-state index < -0.39 is 0 Å². The standard InChI is InChI=1S/C12H11NO2.C5H5NO/c14-12-8-11(6-7-13-12)15-9-10-4-2-1-3-5-10;7-5-3-1-2-4-6-5/h1-8H,9H2,(H,13,14);1-4H,(H,6,7). The molecular formula is C17H16N2O3. The van der Waals surface area contributed by atoms with E-state index in [1.807, 2.05) is 30.3 Å². The Balaban J connectivity index is 0.000000211. The van der Waals surface area contributed by atoms with Crippen molar-refractivity contribution in [3.05, 3.63) is 99.3 Å². The van der Waals surface area contributed by atoms with Crippen LogP contribution in [0.3, 0.4) is 0 Å². The molecule has 0 aliphatic heterocycles. The quantitative estimate of drug-likeness (QED) is 0.779. The van der Waals surface area contributed by atoms with Gasteiger partial charge in [-0.3, -0.25) is 9.59 Å². The molecule has 2 N–H and O–H groups in total. The maximum Gasteiger partial charge on any atom is 0.251 e. The highest BCUT2D eigenvalue weighted by Gasteiger charge is 1.95. The van der Waals surface area contributed by atoms with E-state index in [1.54, 1.807) is 30.6 Å². The van der Waals surface area contributed by atoms with Crippen molar-refractivity contribution in [2.45, 2.75) is 6.61 Å². The van der Waals surface area contributed by atoms with Gasteiger partial charge in [-0.25, -0.2) is 0 Å². The molecule has 2 aromatic heterocycles. The van der Waals surface area contributed by atoms with Crippen LogP contribution in [0.2, 0.25) is 0 Å². The number of rotatable bonds is 3. The van der Waals surface area contributed by atoms with Crippen molar-refractivity contribution in [3.63, 3.8) is 0 Å². The Bertz CT molecular complexity index is 777. The highest BCUT2D eigenvalue weighted by atomic mass is 16.5. The summed E-state index contributed by atoms with van der Waals surface area (Å²) in [5.41, 5.74) is 0.876. The van der Waals surface area contributed by atoms with E-state index in [9.17, 15) is 9.59 Å². The summed E-state index contributed by atoms with van der Waals surface area (Å²) in [6.45, 7) is 0.476. The molecule has 0 unspecified atom stereocenters. The molecule has 3 rings (SSSR count). The number of aromatic amines is 2. The molecule has 0 radical (unpaired) electrons. The van der Waals surface area contributed by atoms with E-state index in [0.29, 0.717) is 12.4 Å². The highest BCUT2D eigenvalue weighted by Crippen LogP contribution is 2.08. The molecule has 0 saturated heterocycles. The van der Waals surface area contributed by atoms with Crippen LogP contribution >= 0.6 is 0 Å². The first-order chi connectivity index (χ1) is 10.7. The first-order valence-corrected chi connectivity index (χ1v) is 6.73. The third kappa shape index (κ3) is 5.50. The van der Waals surface area contributed by atoms with Gasteiger partial charge in [-0.05, 0) is 17.7 Å². The summed E-state index contributed by atoms with van der Waals surface area (Å²) in [6, 6.07) is 17.9. The second-order valence-electron chi connectivity index (χ2n) is 4.39. The summed E-state index contributed by atoms with van der Waals surface area (Å²) in [7, 11) is 0. The summed E-state index contributed by atoms with van der Waals surface area (Å²) in [5.74, 6) is 0.586. The van der Waals surface area contributed by atoms with Crippen molar-refractivity contribution in [1.82, 2.24) is 9.97 Å². The lowest BCUT2D eigenvalue weighted by atomic mass is 10.2. The molecule has 5 heteroatoms. The largest absolute Gasteiger partial charge is 0.489 e. The molecule has 3 aromatic rings. The average molecular weight is 296 g/mol. The predicted molar refractivity (Wildman–Crippen MR) is 84.9 cm³/mol. The second kappa shape index (κ2) is 8.26. The Kier molecular flexibility index (Phi) is 5.75. The van der Waals surface area contributed by atoms with Gasteiger partial charge in [-0.1, -0.05) is 36.4 Å². The lowest BCUT2D eigenvalue weighted by Crippen LogP contribution is -2.04. The number of benzene rings is 1. The summed E-state index contributed by atoms with van der Waals surface area (Å²) in [6.07, 6.45) is 3.17. The maximum atomic E-state index is 11.0. The van der Waals surface area contributed by atoms with E-state index in [1.165, 1.54) is 12.1 Å². The summed E-state index contributed by atoms with van der Waals surface area (Å²) in [5, 5.41) is 0. The molecule has 0 amide bonds. The molecule has 5 nitrogen and oxygen atoms in total. The third-order valence-corrected chi connectivity index (χ3v) is 2.68. The van der Waals surface area contributed by atoms with E-state index in [-0.39, 0.29) is 11.1 Å². The van der Waals surface area contributed by atoms with Gasteiger partial charge in [0.05, 0.1) is 0 Å². The normalized spacial score (nSPS) is 9.45. The van der Waals surface area contributed by atoms with Crippen molar-refractivity contribution in [1.29, 1.82) is 0 Å². The minimum absolute atomic E-state index is 0.0532. The first kappa shape index (κ1) is 15.3. The molecular weight excluding hydrogens is 280 g/mol. The van der Waals surface area contributed by atoms with Gasteiger partial charge in [0.1, 0.15) is 12.4 Å². The van der Waals surface area contributed by atoms with Crippen LogP contribution < -0.4 is 15.9 Å². The third-order valence-electron chi connectivity index (χ3n) is 2.68. The fourth-order valence-corrected chi connectivity index (χ4v) is 1.63. The van der Waals surface area contributed by atoms with Gasteiger partial charge in [-0.2, -0.15) is 0 Å². The Morgan fingerprint density at radius 2 is 1.50 bits per heavy atom. The average Bonchev–Trinajstić information content (AvgIpc) is 2.55. The van der Waals surface area contributed by atoms with Crippen molar-refractivity contribution >= 4 is 0 Å². The molecule has 0 aliphatic carbocycles. The molecule has 2 heterocycles. The predicted octanol–water partition coefficient (Wildman–Crippen LogP) is 2.33. The van der Waals surface area contributed by atoms with E-state index in [0.717, 1.165) is 5.56 Å². The fraction of sp³-hybridized carbons (Fsp3) is 0.0588. The van der Waals surface area contributed by atoms with Gasteiger partial charge in [0.2, 0.25) is 5.56 Å². The number of hydrogen-bond donors (Lipinski definition) is 2. The van der Waals surface area contributed by atoms with Crippen LogP contribution in [0.15, 0.2) is 82.6 Å². The highest BCUT2D eigenvalue weighted by molar-refractivity contribution is 5.19. The first-order valence-electron chi connectivity index (χ1n) is 6.73. The van der Waals surface area contributed by atoms with Crippen molar-refractivity contribution < 1.29 is 4.74 Å². The molecule has 22 heavy (non-hydrogen) atoms. The maximum absolute atomic E-state index is 11.0. The lowest BCUT2D eigenvalue weighted by molar-refractivity contribution is 0.305. The molecule has 0 fully saturated rings. The molecule has 0 spiro atoms. The fourth-order valence-electron chi connectivity index (χ4n) is 1.63. The van der Waals surface area contributed by atoms with Crippen LogP contribution in [0.25, 0.3) is 0 Å². The topological polar surface area (TPSA) is 75.0 Å². The Hall–Kier alpha value is -3.08. The smallest absolute Gasteiger partial charge is 0.251 e. The minimum atomic E-state index is -0.152. The van der Waals surface area contributed by atoms with E-state index in [4.69, 9.17) is 4.74 Å². The van der Waals surface area contributed by atoms with Crippen LogP contribution in [-0.4, -0.2) is 9.97 Å². The van der Waals surface area contributed by atoms with Crippen molar-refractivity contribution in [3.8, 4) is 5.75 Å². The molecule has 1 aromatic carbocycles. The van der Waals surface area contributed by atoms with Crippen LogP contribution in [0.4, 0.5) is 0 Å². The van der Waals surface area contributed by atoms with Crippen LogP contribution in [0.1, 0.15) is 5.56 Å². The zero-order valence-corrected chi connectivity index (χ0v) is 11.9. The van der Waals surface area contributed by atoms with Crippen LogP contribution in [0.5, 0.6) is 5.75 Å². The summed E-state index contributed by atoms with van der Waals surface area (Å²) < 4.78 is 5.45. The van der Waals surface area contributed by atoms with Gasteiger partial charge >= 0.3 is 0 Å². The van der Waals surface area contributed by atoms with Gasteiger partial charge in [0, 0.05) is 24.5 Å². The lowest BCUT2D eigenvalue weighted by Gasteiger charge is -2.04. The van der Waals surface area contributed by atoms with Gasteiger partial charge < -0.3 is 14.7 Å². The SMILES string of the molecule is O=c1cc(OCc2ccccc2)cc[nH]1.O=c1cccc[nH]1. The molecule has 112 valence electrons. The summed E-state index contributed by atoms with van der Waals surface area (Å²) >= 11 is 0. The number of H-pyrrole nitrogens is 2. The number of pyridine rings is 2. The van der Waals surface area contributed by atoms with Crippen LogP contribution in [0, 0.1) is 0 Å². The second-order valence-corrected chi connectivity index (χ2v) is 4.39. The zero-order valence-electron chi connectivity index (χ0n) is 11.9. The van der Waals surface area contributed by atoms with Crippen LogP contribution in [-0.2, 0) is 6.61 Å². The Morgan fingerprint density at radius 3 is 2.09 bits per heavy atom. The van der Waals surface area contributed by atoms with E-state index >= 15 is 0 Å². The number of nitrogens with one attached hydrogen (secondary N) is 2. The van der Waals surface area contributed by atoms with Gasteiger partial charge in [0.15, 0.2) is 0 Å². The number of hydrogen-bond acceptors (Lipinski definition) is 3. The van der Waals surface area contributed by atoms with E-state index in [2.05, 4.69) is 9.97 Å². The van der Waals surface area contributed by atoms with Crippen molar-refractivity contribution in [2.75, 3.05) is 0 Å². The summed E-state index contributed by atoms with van der Waals surface area (Å²) in [4.78, 5) is 26.2. The number of ether oxygens (including phenoxy) is 1.